The zero-order valence-electron chi connectivity index (χ0n) is 4.75. The lowest BCUT2D eigenvalue weighted by Crippen LogP contribution is -2.25. The number of amides is 1. The van der Waals surface area contributed by atoms with Gasteiger partial charge in [-0.15, -0.1) is 0 Å². The maximum absolute atomic E-state index is 12.0. The molecule has 9 heavy (non-hydrogen) atoms. The minimum atomic E-state index is -1.81. The zero-order chi connectivity index (χ0) is 7.28. The number of carbonyl (C=O) groups excluding carboxylic acids is 1. The summed E-state index contributed by atoms with van der Waals surface area (Å²) >= 11 is 0. The molecule has 4 nitrogen and oxygen atoms in total. The number of aliphatic imine (C=N–C) groups is 1. The second-order valence-electron chi connectivity index (χ2n) is 1.32. The first-order valence-corrected chi connectivity index (χ1v) is 2.32. The summed E-state index contributed by atoms with van der Waals surface area (Å²) in [5, 5.41) is 0. The van der Waals surface area contributed by atoms with Gasteiger partial charge in [0.1, 0.15) is 0 Å². The standard InChI is InChI=1S/C4H8FN3O/c5-3(4(7)9)1-8-2-6/h1,3H,2,6H2,(H2,7,9). The highest BCUT2D eigenvalue weighted by Crippen LogP contribution is 1.82. The molecule has 52 valence electrons. The van der Waals surface area contributed by atoms with Crippen molar-refractivity contribution < 1.29 is 9.18 Å². The van der Waals surface area contributed by atoms with E-state index >= 15 is 0 Å². The normalized spacial score (nSPS) is 14.0. The molecule has 0 saturated heterocycles. The Bertz CT molecular complexity index is 125. The average Bonchev–Trinajstić information content (AvgIpc) is 1.82. The molecule has 1 unspecified atom stereocenters. The number of hydrogen-bond acceptors (Lipinski definition) is 3. The van der Waals surface area contributed by atoms with Crippen LogP contribution in [0.15, 0.2) is 4.99 Å². The van der Waals surface area contributed by atoms with E-state index in [-0.39, 0.29) is 6.67 Å². The lowest BCUT2D eigenvalue weighted by atomic mass is 10.4. The fraction of sp³-hybridized carbons (Fsp3) is 0.500. The van der Waals surface area contributed by atoms with Crippen LogP contribution >= 0.6 is 0 Å². The highest BCUT2D eigenvalue weighted by molar-refractivity contribution is 5.95. The molecule has 4 N–H and O–H groups in total. The van der Waals surface area contributed by atoms with Crippen LogP contribution in [0.1, 0.15) is 0 Å². The fourth-order valence-electron chi connectivity index (χ4n) is 0.227. The molecule has 0 radical (unpaired) electrons. The molecular weight excluding hydrogens is 125 g/mol. The molecule has 0 aromatic rings. The van der Waals surface area contributed by atoms with Crippen molar-refractivity contribution in [1.82, 2.24) is 0 Å². The van der Waals surface area contributed by atoms with Gasteiger partial charge in [0.05, 0.1) is 6.67 Å². The smallest absolute Gasteiger partial charge is 0.257 e. The Hall–Kier alpha value is -0.970. The highest BCUT2D eigenvalue weighted by Gasteiger charge is 2.07. The minimum Gasteiger partial charge on any atom is -0.367 e. The van der Waals surface area contributed by atoms with E-state index in [0.29, 0.717) is 0 Å². The number of alkyl halides is 1. The third-order valence-corrected chi connectivity index (χ3v) is 0.614. The van der Waals surface area contributed by atoms with E-state index in [4.69, 9.17) is 5.73 Å². The summed E-state index contributed by atoms with van der Waals surface area (Å²) in [7, 11) is 0. The van der Waals surface area contributed by atoms with Crippen LogP contribution < -0.4 is 11.5 Å². The van der Waals surface area contributed by atoms with E-state index in [0.717, 1.165) is 6.21 Å². The molecule has 0 aliphatic carbocycles. The van der Waals surface area contributed by atoms with Gasteiger partial charge in [0.15, 0.2) is 0 Å². The molecule has 0 aliphatic heterocycles. The van der Waals surface area contributed by atoms with E-state index in [1.165, 1.54) is 0 Å². The fourth-order valence-corrected chi connectivity index (χ4v) is 0.227. The molecule has 0 saturated carbocycles. The van der Waals surface area contributed by atoms with Gasteiger partial charge in [-0.25, -0.2) is 4.39 Å². The van der Waals surface area contributed by atoms with Crippen LogP contribution in [0, 0.1) is 0 Å². The lowest BCUT2D eigenvalue weighted by Gasteiger charge is -1.91. The Morgan fingerprint density at radius 1 is 1.89 bits per heavy atom. The van der Waals surface area contributed by atoms with Crippen molar-refractivity contribution in [3.05, 3.63) is 0 Å². The maximum atomic E-state index is 12.0. The summed E-state index contributed by atoms with van der Waals surface area (Å²) in [6.45, 7) is -0.0340. The van der Waals surface area contributed by atoms with Crippen molar-refractivity contribution in [3.8, 4) is 0 Å². The Morgan fingerprint density at radius 2 is 2.44 bits per heavy atom. The highest BCUT2D eigenvalue weighted by atomic mass is 19.1. The van der Waals surface area contributed by atoms with Crippen LogP contribution in [-0.4, -0.2) is 25.0 Å². The average molecular weight is 133 g/mol. The van der Waals surface area contributed by atoms with Crippen molar-refractivity contribution in [2.75, 3.05) is 6.67 Å². The van der Waals surface area contributed by atoms with E-state index < -0.39 is 12.1 Å². The minimum absolute atomic E-state index is 0.0340. The molecule has 0 rings (SSSR count). The van der Waals surface area contributed by atoms with Gasteiger partial charge in [-0.1, -0.05) is 0 Å². The van der Waals surface area contributed by atoms with Gasteiger partial charge in [0.2, 0.25) is 6.17 Å². The zero-order valence-corrected chi connectivity index (χ0v) is 4.75. The van der Waals surface area contributed by atoms with Crippen molar-refractivity contribution in [3.63, 3.8) is 0 Å². The van der Waals surface area contributed by atoms with Crippen molar-refractivity contribution in [2.24, 2.45) is 16.5 Å². The van der Waals surface area contributed by atoms with Crippen LogP contribution in [-0.2, 0) is 4.79 Å². The predicted molar refractivity (Wildman–Crippen MR) is 31.6 cm³/mol. The molecular formula is C4H8FN3O. The second-order valence-corrected chi connectivity index (χ2v) is 1.32. The number of rotatable bonds is 3. The molecule has 0 aromatic heterocycles. The Labute approximate surface area is 51.7 Å². The van der Waals surface area contributed by atoms with Gasteiger partial charge in [-0.05, 0) is 0 Å². The van der Waals surface area contributed by atoms with Crippen molar-refractivity contribution in [1.29, 1.82) is 0 Å². The van der Waals surface area contributed by atoms with Gasteiger partial charge in [-0.3, -0.25) is 9.79 Å². The molecule has 0 heterocycles. The van der Waals surface area contributed by atoms with Crippen LogP contribution in [0.5, 0.6) is 0 Å². The second kappa shape index (κ2) is 3.96. The Kier molecular flexibility index (Phi) is 3.54. The monoisotopic (exact) mass is 133 g/mol. The van der Waals surface area contributed by atoms with E-state index in [1.54, 1.807) is 0 Å². The molecule has 1 atom stereocenters. The van der Waals surface area contributed by atoms with E-state index in [1.807, 2.05) is 0 Å². The Balaban J connectivity index is 3.62. The van der Waals surface area contributed by atoms with Crippen LogP contribution in [0.25, 0.3) is 0 Å². The molecule has 0 aromatic carbocycles. The third-order valence-electron chi connectivity index (χ3n) is 0.614. The maximum Gasteiger partial charge on any atom is 0.257 e. The molecule has 5 heteroatoms. The molecule has 0 spiro atoms. The lowest BCUT2D eigenvalue weighted by molar-refractivity contribution is -0.120. The quantitative estimate of drug-likeness (QED) is 0.474. The topological polar surface area (TPSA) is 81.5 Å². The molecule has 0 bridgehead atoms. The number of nitrogens with zero attached hydrogens (tertiary/aromatic N) is 1. The largest absolute Gasteiger partial charge is 0.367 e. The first-order chi connectivity index (χ1) is 4.18. The summed E-state index contributed by atoms with van der Waals surface area (Å²) in [6, 6.07) is 0. The van der Waals surface area contributed by atoms with E-state index in [2.05, 4.69) is 10.7 Å². The van der Waals surface area contributed by atoms with Crippen LogP contribution in [0.4, 0.5) is 4.39 Å². The van der Waals surface area contributed by atoms with Crippen molar-refractivity contribution in [2.45, 2.75) is 6.17 Å². The predicted octanol–water partition coefficient (Wildman–Crippen LogP) is -1.20. The summed E-state index contributed by atoms with van der Waals surface area (Å²) in [6.07, 6.45) is -1.03. The summed E-state index contributed by atoms with van der Waals surface area (Å²) in [4.78, 5) is 13.2. The van der Waals surface area contributed by atoms with Gasteiger partial charge < -0.3 is 11.5 Å². The first-order valence-electron chi connectivity index (χ1n) is 2.32. The van der Waals surface area contributed by atoms with Gasteiger partial charge in [-0.2, -0.15) is 0 Å². The van der Waals surface area contributed by atoms with Crippen LogP contribution in [0.3, 0.4) is 0 Å². The molecule has 0 fully saturated rings. The number of primary amides is 1. The Morgan fingerprint density at radius 3 is 2.78 bits per heavy atom. The number of hydrogen-bond donors (Lipinski definition) is 2. The van der Waals surface area contributed by atoms with Gasteiger partial charge in [0.25, 0.3) is 5.91 Å². The van der Waals surface area contributed by atoms with Crippen molar-refractivity contribution >= 4 is 12.1 Å². The SMILES string of the molecule is NCN=CC(F)C(N)=O. The summed E-state index contributed by atoms with van der Waals surface area (Å²) in [5.41, 5.74) is 9.39. The number of carbonyl (C=O) groups is 1. The third kappa shape index (κ3) is 3.60. The van der Waals surface area contributed by atoms with Gasteiger partial charge in [0, 0.05) is 6.21 Å². The van der Waals surface area contributed by atoms with Crippen LogP contribution in [0.2, 0.25) is 0 Å². The molecule has 0 aliphatic rings. The number of halogens is 1. The van der Waals surface area contributed by atoms with Gasteiger partial charge >= 0.3 is 0 Å². The number of nitrogens with two attached hydrogens (primary N) is 2. The summed E-state index contributed by atoms with van der Waals surface area (Å²) < 4.78 is 12.0. The summed E-state index contributed by atoms with van der Waals surface area (Å²) in [5.74, 6) is -1.05. The first kappa shape index (κ1) is 8.03. The van der Waals surface area contributed by atoms with E-state index in [9.17, 15) is 9.18 Å². The molecule has 1 amide bonds.